The van der Waals surface area contributed by atoms with E-state index in [0.717, 1.165) is 0 Å². The first-order valence-corrected chi connectivity index (χ1v) is 19.5. The molecule has 0 aliphatic rings. The number of hydrogen-bond donors (Lipinski definition) is 0. The zero-order valence-corrected chi connectivity index (χ0v) is 27.1. The predicted octanol–water partition coefficient (Wildman–Crippen LogP) is 14.5. The highest BCUT2D eigenvalue weighted by Gasteiger charge is 2.28. The van der Waals surface area contributed by atoms with Gasteiger partial charge in [0.05, 0.1) is 0 Å². The standard InChI is InChI=1S/C42H27P3/c1-4-16-28(17-5-1)43-34-25-13-10-22-31(34)37-40(43)38-32-23-11-14-26-35(32)44(29-18-6-2-7-19-29)42(38)39-33-24-12-15-27-36(33)45(41(37)39)30-20-8-3-9-21-30/h1-27H. The number of fused-ring (bicyclic) bond motifs is 12. The normalized spacial score (nSPS) is 13.2. The summed E-state index contributed by atoms with van der Waals surface area (Å²) in [5.74, 6) is 0. The molecule has 3 atom stereocenters. The van der Waals surface area contributed by atoms with Gasteiger partial charge in [-0.05, 0) is 32.1 Å². The Morgan fingerprint density at radius 1 is 0.244 bits per heavy atom. The summed E-state index contributed by atoms with van der Waals surface area (Å²) in [5.41, 5.74) is 0. The summed E-state index contributed by atoms with van der Waals surface area (Å²) in [5, 5.41) is 22.4. The van der Waals surface area contributed by atoms with Gasteiger partial charge in [0.25, 0.3) is 0 Å². The van der Waals surface area contributed by atoms with E-state index in [0.29, 0.717) is 0 Å². The van der Waals surface area contributed by atoms with E-state index in [2.05, 4.69) is 164 Å². The quantitative estimate of drug-likeness (QED) is 0.183. The van der Waals surface area contributed by atoms with Crippen LogP contribution in [0.4, 0.5) is 0 Å². The van der Waals surface area contributed by atoms with Gasteiger partial charge in [0, 0.05) is 46.9 Å². The van der Waals surface area contributed by atoms with Gasteiger partial charge in [-0.25, -0.2) is 0 Å². The number of benzene rings is 7. The molecule has 0 bridgehead atoms. The number of rotatable bonds is 3. The molecule has 0 spiro atoms. The summed E-state index contributed by atoms with van der Waals surface area (Å²) in [6.45, 7) is 0. The van der Waals surface area contributed by atoms with Crippen molar-refractivity contribution < 1.29 is 0 Å². The summed E-state index contributed by atoms with van der Waals surface area (Å²) in [7, 11) is -2.21. The molecule has 3 heterocycles. The molecule has 0 radical (unpaired) electrons. The van der Waals surface area contributed by atoms with Crippen LogP contribution in [0.3, 0.4) is 0 Å². The maximum Gasteiger partial charge on any atom is 0.0167 e. The second-order valence-electron chi connectivity index (χ2n) is 11.7. The first-order valence-electron chi connectivity index (χ1n) is 15.5. The topological polar surface area (TPSA) is 0 Å². The van der Waals surface area contributed by atoms with E-state index in [4.69, 9.17) is 0 Å². The van der Waals surface area contributed by atoms with E-state index in [1.165, 1.54) is 63.6 Å². The van der Waals surface area contributed by atoms with Crippen LogP contribution >= 0.6 is 22.6 Å². The minimum Gasteiger partial charge on any atom is -0.0765 e. The highest BCUT2D eigenvalue weighted by atomic mass is 31.1. The van der Waals surface area contributed by atoms with Crippen molar-refractivity contribution in [1.29, 1.82) is 0 Å². The van der Waals surface area contributed by atoms with E-state index in [1.54, 1.807) is 15.4 Å². The molecule has 0 amide bonds. The Morgan fingerprint density at radius 3 is 0.778 bits per heavy atom. The third-order valence-electron chi connectivity index (χ3n) is 9.38. The van der Waals surface area contributed by atoms with E-state index in [-0.39, 0.29) is 0 Å². The van der Waals surface area contributed by atoms with Crippen molar-refractivity contribution in [3.05, 3.63) is 164 Å². The monoisotopic (exact) mass is 624 g/mol. The van der Waals surface area contributed by atoms with Gasteiger partial charge in [0.2, 0.25) is 0 Å². The van der Waals surface area contributed by atoms with Crippen molar-refractivity contribution in [3.8, 4) is 15.9 Å². The average Bonchev–Trinajstić information content (AvgIpc) is 3.75. The molecule has 10 rings (SSSR count). The molecule has 0 fully saturated rings. The Hall–Kier alpha value is -4.56. The summed E-state index contributed by atoms with van der Waals surface area (Å²) in [6.07, 6.45) is 0. The van der Waals surface area contributed by atoms with Gasteiger partial charge < -0.3 is 0 Å². The van der Waals surface area contributed by atoms with E-state index < -0.39 is 22.6 Å². The van der Waals surface area contributed by atoms with Gasteiger partial charge in [-0.2, -0.15) is 0 Å². The molecule has 10 aromatic rings. The molecular weight excluding hydrogens is 597 g/mol. The van der Waals surface area contributed by atoms with Crippen molar-refractivity contribution in [1.82, 2.24) is 0 Å². The van der Waals surface area contributed by atoms with Crippen LogP contribution in [0.1, 0.15) is 0 Å². The number of hydrogen-bond acceptors (Lipinski definition) is 0. The predicted molar refractivity (Wildman–Crippen MR) is 204 cm³/mol. The zero-order valence-electron chi connectivity index (χ0n) is 24.4. The molecule has 0 aliphatic carbocycles. The molecule has 3 aromatic heterocycles. The van der Waals surface area contributed by atoms with Gasteiger partial charge in [0.1, 0.15) is 0 Å². The lowest BCUT2D eigenvalue weighted by atomic mass is 10.0. The first kappa shape index (κ1) is 25.7. The fraction of sp³-hybridized carbons (Fsp3) is 0. The molecule has 0 saturated carbocycles. The second kappa shape index (κ2) is 9.97. The Morgan fingerprint density at radius 2 is 0.489 bits per heavy atom. The van der Waals surface area contributed by atoms with Crippen molar-refractivity contribution in [2.24, 2.45) is 0 Å². The molecule has 0 aliphatic heterocycles. The van der Waals surface area contributed by atoms with Crippen molar-refractivity contribution in [2.45, 2.75) is 0 Å². The van der Waals surface area contributed by atoms with Crippen LogP contribution in [0.25, 0.3) is 78.9 Å². The average molecular weight is 625 g/mol. The van der Waals surface area contributed by atoms with Crippen LogP contribution in [0.5, 0.6) is 0 Å². The third kappa shape index (κ3) is 3.57. The van der Waals surface area contributed by atoms with Gasteiger partial charge >= 0.3 is 0 Å². The lowest BCUT2D eigenvalue weighted by Crippen LogP contribution is -1.75. The molecule has 45 heavy (non-hydrogen) atoms. The Balaban J connectivity index is 1.63. The first-order chi connectivity index (χ1) is 22.4. The maximum atomic E-state index is 2.42. The Kier molecular flexibility index (Phi) is 5.70. The smallest absolute Gasteiger partial charge is 0.0167 e. The summed E-state index contributed by atoms with van der Waals surface area (Å²) >= 11 is 0. The maximum absolute atomic E-state index is 2.42. The van der Waals surface area contributed by atoms with Gasteiger partial charge in [-0.15, -0.1) is 0 Å². The summed E-state index contributed by atoms with van der Waals surface area (Å²) in [6, 6.07) is 62.0. The molecule has 0 N–H and O–H groups in total. The second-order valence-corrected chi connectivity index (χ2v) is 18.1. The molecule has 3 heteroatoms. The van der Waals surface area contributed by atoms with Crippen molar-refractivity contribution >= 4 is 85.6 Å². The highest BCUT2D eigenvalue weighted by molar-refractivity contribution is 7.72. The van der Waals surface area contributed by atoms with Crippen LogP contribution < -0.4 is 0 Å². The van der Waals surface area contributed by atoms with E-state index >= 15 is 0 Å². The van der Waals surface area contributed by atoms with E-state index in [1.807, 2.05) is 0 Å². The summed E-state index contributed by atoms with van der Waals surface area (Å²) < 4.78 is 0. The Bertz CT molecular complexity index is 2390. The molecule has 3 unspecified atom stereocenters. The molecule has 210 valence electrons. The third-order valence-corrected chi connectivity index (χ3v) is 17.1. The SMILES string of the molecule is c1ccc(-p2c3ccccc3c3c2c2c4ccccc4p(-c4ccccc4)c2c2c4ccccc4p(-c4ccccc4)c32)cc1. The zero-order chi connectivity index (χ0) is 29.5. The fourth-order valence-electron chi connectivity index (χ4n) is 7.68. The fourth-order valence-corrected chi connectivity index (χ4v) is 16.4. The molecule has 0 saturated heterocycles. The van der Waals surface area contributed by atoms with E-state index in [9.17, 15) is 0 Å². The van der Waals surface area contributed by atoms with Crippen LogP contribution in [0, 0.1) is 0 Å². The highest BCUT2D eigenvalue weighted by Crippen LogP contribution is 2.69. The van der Waals surface area contributed by atoms with Crippen molar-refractivity contribution in [3.63, 3.8) is 0 Å². The largest absolute Gasteiger partial charge is 0.0765 e. The Labute approximate surface area is 264 Å². The minimum atomic E-state index is -0.737. The molecular formula is C42H27P3. The van der Waals surface area contributed by atoms with Crippen LogP contribution in [-0.2, 0) is 0 Å². The summed E-state index contributed by atoms with van der Waals surface area (Å²) in [4.78, 5) is 0. The van der Waals surface area contributed by atoms with Crippen molar-refractivity contribution in [2.75, 3.05) is 0 Å². The lowest BCUT2D eigenvalue weighted by Gasteiger charge is -2.11. The van der Waals surface area contributed by atoms with Crippen LogP contribution in [-0.4, -0.2) is 0 Å². The van der Waals surface area contributed by atoms with Gasteiger partial charge in [-0.3, -0.25) is 0 Å². The lowest BCUT2D eigenvalue weighted by molar-refractivity contribution is 1.76. The molecule has 7 aromatic carbocycles. The van der Waals surface area contributed by atoms with Crippen LogP contribution in [0.2, 0.25) is 0 Å². The van der Waals surface area contributed by atoms with Gasteiger partial charge in [0.15, 0.2) is 0 Å². The minimum absolute atomic E-state index is 0.737. The molecule has 0 nitrogen and oxygen atoms in total. The van der Waals surface area contributed by atoms with Gasteiger partial charge in [-0.1, -0.05) is 186 Å². The van der Waals surface area contributed by atoms with Crippen LogP contribution in [0.15, 0.2) is 164 Å².